The zero-order valence-corrected chi connectivity index (χ0v) is 16.8. The molecule has 2 amide bonds. The van der Waals surface area contributed by atoms with E-state index in [4.69, 9.17) is 16.6 Å². The first kappa shape index (κ1) is 19.4. The van der Waals surface area contributed by atoms with Crippen LogP contribution < -0.4 is 5.32 Å². The molecule has 3 rings (SSSR count). The van der Waals surface area contributed by atoms with Crippen LogP contribution in [-0.2, 0) is 9.59 Å². The molecule has 7 heteroatoms. The van der Waals surface area contributed by atoms with Gasteiger partial charge >= 0.3 is 0 Å². The molecule has 1 aromatic heterocycles. The molecule has 0 radical (unpaired) electrons. The number of amides is 2. The third kappa shape index (κ3) is 4.87. The molecule has 2 aromatic rings. The van der Waals surface area contributed by atoms with Crippen molar-refractivity contribution in [2.75, 3.05) is 11.9 Å². The van der Waals surface area contributed by atoms with Crippen LogP contribution in [0.25, 0.3) is 6.08 Å². The van der Waals surface area contributed by atoms with Gasteiger partial charge in [-0.2, -0.15) is 0 Å². The number of benzene rings is 1. The Morgan fingerprint density at radius 3 is 2.85 bits per heavy atom. The quantitative estimate of drug-likeness (QED) is 0.571. The molecule has 1 fully saturated rings. The summed E-state index contributed by atoms with van der Waals surface area (Å²) in [6, 6.07) is 9.45. The van der Waals surface area contributed by atoms with E-state index < -0.39 is 0 Å². The minimum atomic E-state index is -0.142. The Morgan fingerprint density at radius 1 is 1.33 bits per heavy atom. The van der Waals surface area contributed by atoms with Gasteiger partial charge in [-0.3, -0.25) is 14.5 Å². The molecule has 1 N–H and O–H groups in total. The fourth-order valence-corrected chi connectivity index (χ4v) is 4.05. The zero-order chi connectivity index (χ0) is 19.4. The van der Waals surface area contributed by atoms with Gasteiger partial charge in [0.15, 0.2) is 0 Å². The first-order valence-electron chi connectivity index (χ1n) is 8.60. The molecule has 0 spiro atoms. The molecule has 1 aliphatic rings. The van der Waals surface area contributed by atoms with Gasteiger partial charge in [0.25, 0.3) is 5.91 Å². The zero-order valence-electron chi connectivity index (χ0n) is 15.2. The van der Waals surface area contributed by atoms with E-state index in [0.717, 1.165) is 16.8 Å². The molecule has 0 bridgehead atoms. The van der Waals surface area contributed by atoms with E-state index in [2.05, 4.69) is 5.32 Å². The lowest BCUT2D eigenvalue weighted by Crippen LogP contribution is -2.29. The molecule has 0 atom stereocenters. The number of rotatable bonds is 6. The van der Waals surface area contributed by atoms with E-state index in [0.29, 0.717) is 34.4 Å². The van der Waals surface area contributed by atoms with E-state index in [1.165, 1.54) is 11.8 Å². The van der Waals surface area contributed by atoms with Gasteiger partial charge in [-0.25, -0.2) is 0 Å². The van der Waals surface area contributed by atoms with E-state index >= 15 is 0 Å². The van der Waals surface area contributed by atoms with Crippen LogP contribution in [0.1, 0.15) is 29.7 Å². The highest BCUT2D eigenvalue weighted by atomic mass is 32.2. The predicted octanol–water partition coefficient (Wildman–Crippen LogP) is 4.52. The Labute approximate surface area is 167 Å². The number of thiocarbonyl (C=S) groups is 1. The summed E-state index contributed by atoms with van der Waals surface area (Å²) in [6.45, 7) is 4.40. The molecule has 1 aliphatic heterocycles. The van der Waals surface area contributed by atoms with Gasteiger partial charge in [-0.1, -0.05) is 41.7 Å². The van der Waals surface area contributed by atoms with Crippen molar-refractivity contribution in [3.05, 3.63) is 58.4 Å². The number of thioether (sulfide) groups is 1. The lowest BCUT2D eigenvalue weighted by molar-refractivity contribution is -0.122. The third-order valence-electron chi connectivity index (χ3n) is 4.13. The van der Waals surface area contributed by atoms with Crippen LogP contribution in [0.15, 0.2) is 45.9 Å². The first-order valence-corrected chi connectivity index (χ1v) is 9.82. The molecule has 5 nitrogen and oxygen atoms in total. The summed E-state index contributed by atoms with van der Waals surface area (Å²) in [5.41, 5.74) is 3.00. The Kier molecular flexibility index (Phi) is 6.13. The SMILES string of the molecule is Cc1ccc(NC(=O)CCCN2C(=O)C(=Cc3ccco3)SC2=S)c(C)c1. The second-order valence-corrected chi connectivity index (χ2v) is 7.99. The first-order chi connectivity index (χ1) is 12.9. The van der Waals surface area contributed by atoms with Crippen molar-refractivity contribution in [3.8, 4) is 0 Å². The molecular weight excluding hydrogens is 380 g/mol. The van der Waals surface area contributed by atoms with Crippen LogP contribution in [0.2, 0.25) is 0 Å². The number of hydrogen-bond donors (Lipinski definition) is 1. The topological polar surface area (TPSA) is 62.6 Å². The maximum absolute atomic E-state index is 12.5. The summed E-state index contributed by atoms with van der Waals surface area (Å²) in [6.07, 6.45) is 4.10. The van der Waals surface area contributed by atoms with Crippen LogP contribution >= 0.6 is 24.0 Å². The van der Waals surface area contributed by atoms with Crippen LogP contribution in [0.3, 0.4) is 0 Å². The summed E-state index contributed by atoms with van der Waals surface area (Å²) in [7, 11) is 0. The molecule has 1 saturated heterocycles. The highest BCUT2D eigenvalue weighted by Crippen LogP contribution is 2.32. The predicted molar refractivity (Wildman–Crippen MR) is 112 cm³/mol. The maximum atomic E-state index is 12.5. The van der Waals surface area contributed by atoms with Gasteiger partial charge in [0.2, 0.25) is 5.91 Å². The largest absolute Gasteiger partial charge is 0.465 e. The number of hydrogen-bond acceptors (Lipinski definition) is 5. The van der Waals surface area contributed by atoms with E-state index in [1.54, 1.807) is 29.4 Å². The van der Waals surface area contributed by atoms with Crippen molar-refractivity contribution in [1.29, 1.82) is 0 Å². The number of aryl methyl sites for hydroxylation is 2. The summed E-state index contributed by atoms with van der Waals surface area (Å²) in [5.74, 6) is 0.401. The van der Waals surface area contributed by atoms with Gasteiger partial charge in [0.05, 0.1) is 11.2 Å². The molecule has 0 unspecified atom stereocenters. The summed E-state index contributed by atoms with van der Waals surface area (Å²) >= 11 is 6.55. The smallest absolute Gasteiger partial charge is 0.266 e. The van der Waals surface area contributed by atoms with E-state index in [-0.39, 0.29) is 11.8 Å². The van der Waals surface area contributed by atoms with Gasteiger partial charge in [-0.05, 0) is 44.0 Å². The minimum Gasteiger partial charge on any atom is -0.465 e. The number of nitrogens with zero attached hydrogens (tertiary/aromatic N) is 1. The van der Waals surface area contributed by atoms with Crippen LogP contribution in [0.5, 0.6) is 0 Å². The van der Waals surface area contributed by atoms with Crippen molar-refractivity contribution < 1.29 is 14.0 Å². The van der Waals surface area contributed by atoms with Crippen LogP contribution in [0.4, 0.5) is 5.69 Å². The highest BCUT2D eigenvalue weighted by molar-refractivity contribution is 8.26. The fourth-order valence-electron chi connectivity index (χ4n) is 2.76. The minimum absolute atomic E-state index is 0.0708. The Hall–Kier alpha value is -2.38. The van der Waals surface area contributed by atoms with E-state index in [9.17, 15) is 9.59 Å². The number of anilines is 1. The molecule has 2 heterocycles. The number of carbonyl (C=O) groups excluding carboxylic acids is 2. The second-order valence-electron chi connectivity index (χ2n) is 6.32. The van der Waals surface area contributed by atoms with Crippen molar-refractivity contribution in [2.45, 2.75) is 26.7 Å². The molecular formula is C20H20N2O3S2. The highest BCUT2D eigenvalue weighted by Gasteiger charge is 2.31. The lowest BCUT2D eigenvalue weighted by atomic mass is 10.1. The number of carbonyl (C=O) groups is 2. The van der Waals surface area contributed by atoms with Gasteiger partial charge in [0, 0.05) is 24.7 Å². The van der Waals surface area contributed by atoms with Crippen molar-refractivity contribution in [3.63, 3.8) is 0 Å². The lowest BCUT2D eigenvalue weighted by Gasteiger charge is -2.14. The monoisotopic (exact) mass is 400 g/mol. The van der Waals surface area contributed by atoms with Crippen molar-refractivity contribution in [2.24, 2.45) is 0 Å². The fraction of sp³-hybridized carbons (Fsp3) is 0.250. The molecule has 0 saturated carbocycles. The van der Waals surface area contributed by atoms with Gasteiger partial charge in [-0.15, -0.1) is 0 Å². The third-order valence-corrected chi connectivity index (χ3v) is 5.51. The van der Waals surface area contributed by atoms with Crippen LogP contribution in [0, 0.1) is 13.8 Å². The average Bonchev–Trinajstić information content (AvgIpc) is 3.21. The van der Waals surface area contributed by atoms with Gasteiger partial charge in [0.1, 0.15) is 10.1 Å². The molecule has 140 valence electrons. The molecule has 0 aliphatic carbocycles. The van der Waals surface area contributed by atoms with Crippen molar-refractivity contribution in [1.82, 2.24) is 4.90 Å². The second kappa shape index (κ2) is 8.54. The summed E-state index contributed by atoms with van der Waals surface area (Å²) < 4.78 is 5.75. The van der Waals surface area contributed by atoms with E-state index in [1.807, 2.05) is 32.0 Å². The molecule has 1 aromatic carbocycles. The normalized spacial score (nSPS) is 15.6. The summed E-state index contributed by atoms with van der Waals surface area (Å²) in [5, 5.41) is 2.92. The van der Waals surface area contributed by atoms with Crippen molar-refractivity contribution >= 4 is 51.9 Å². The number of furan rings is 1. The van der Waals surface area contributed by atoms with Crippen LogP contribution in [-0.4, -0.2) is 27.6 Å². The van der Waals surface area contributed by atoms with Gasteiger partial charge < -0.3 is 9.73 Å². The standard InChI is InChI=1S/C20H20N2O3S2/c1-13-7-8-16(14(2)11-13)21-18(23)6-3-9-22-19(24)17(27-20(22)26)12-15-5-4-10-25-15/h4-5,7-8,10-12H,3,6,9H2,1-2H3,(H,21,23). The Balaban J connectivity index is 1.52. The molecule has 27 heavy (non-hydrogen) atoms. The Bertz CT molecular complexity index is 904. The number of nitrogens with one attached hydrogen (secondary N) is 1. The Morgan fingerprint density at radius 2 is 2.15 bits per heavy atom. The average molecular weight is 401 g/mol. The maximum Gasteiger partial charge on any atom is 0.266 e. The summed E-state index contributed by atoms with van der Waals surface area (Å²) in [4.78, 5) is 26.8.